The molecular weight excluding hydrogens is 242 g/mol. The van der Waals surface area contributed by atoms with Crippen LogP contribution in [0.5, 0.6) is 5.75 Å². The van der Waals surface area contributed by atoms with Crippen molar-refractivity contribution < 1.29 is 14.3 Å². The molecule has 0 unspecified atom stereocenters. The molecule has 1 aromatic carbocycles. The number of carbonyl (C=O) groups excluding carboxylic acids is 1. The van der Waals surface area contributed by atoms with Gasteiger partial charge in [-0.25, -0.2) is 4.79 Å². The third kappa shape index (κ3) is 3.00. The average Bonchev–Trinajstić information content (AvgIpc) is 2.35. The normalized spacial score (nSPS) is 11.1. The highest BCUT2D eigenvalue weighted by Crippen LogP contribution is 2.36. The summed E-state index contributed by atoms with van der Waals surface area (Å²) in [5.74, 6) is 0.460. The van der Waals surface area contributed by atoms with Crippen molar-refractivity contribution in [3.05, 3.63) is 22.8 Å². The first-order valence-electron chi connectivity index (χ1n) is 6.26. The molecule has 0 saturated heterocycles. The van der Waals surface area contributed by atoms with Gasteiger partial charge >= 0.3 is 5.97 Å². The van der Waals surface area contributed by atoms with Gasteiger partial charge in [0.2, 0.25) is 0 Å². The Morgan fingerprint density at radius 3 is 2.21 bits per heavy atom. The van der Waals surface area contributed by atoms with Crippen molar-refractivity contribution in [3.63, 3.8) is 0 Å². The molecule has 1 N–H and O–H groups in total. The second-order valence-corrected chi connectivity index (χ2v) is 5.29. The Hall–Kier alpha value is -1.71. The number of carbonyl (C=O) groups is 1. The molecule has 0 atom stereocenters. The number of nitrogens with one attached hydrogen (secondary N) is 1. The van der Waals surface area contributed by atoms with E-state index in [2.05, 4.69) is 11.4 Å². The van der Waals surface area contributed by atoms with E-state index in [1.165, 1.54) is 7.11 Å². The first-order chi connectivity index (χ1) is 8.74. The Morgan fingerprint density at radius 1 is 1.16 bits per heavy atom. The number of aryl methyl sites for hydroxylation is 2. The molecule has 0 radical (unpaired) electrons. The Kier molecular flexibility index (Phi) is 4.45. The quantitative estimate of drug-likeness (QED) is 0.850. The van der Waals surface area contributed by atoms with E-state index < -0.39 is 5.54 Å². The Bertz CT molecular complexity index is 493. The molecule has 0 amide bonds. The molecule has 0 fully saturated rings. The predicted molar refractivity (Wildman–Crippen MR) is 76.9 cm³/mol. The molecule has 4 heteroatoms. The number of hydrogen-bond acceptors (Lipinski definition) is 4. The van der Waals surface area contributed by atoms with Gasteiger partial charge in [-0.2, -0.15) is 0 Å². The molecule has 1 rings (SSSR count). The lowest BCUT2D eigenvalue weighted by molar-refractivity contribution is -0.144. The summed E-state index contributed by atoms with van der Waals surface area (Å²) in [4.78, 5) is 11.8. The second-order valence-electron chi connectivity index (χ2n) is 5.29. The summed E-state index contributed by atoms with van der Waals surface area (Å²) in [6, 6.07) is 2.08. The molecular formula is C15H23NO3. The first-order valence-corrected chi connectivity index (χ1v) is 6.26. The molecule has 106 valence electrons. The van der Waals surface area contributed by atoms with Crippen LogP contribution in [0.1, 0.15) is 30.5 Å². The molecule has 0 aromatic heterocycles. The zero-order valence-electron chi connectivity index (χ0n) is 12.8. The van der Waals surface area contributed by atoms with Crippen LogP contribution in [-0.2, 0) is 9.53 Å². The summed E-state index contributed by atoms with van der Waals surface area (Å²) in [5.41, 5.74) is 3.29. The summed E-state index contributed by atoms with van der Waals surface area (Å²) in [7, 11) is 3.02. The van der Waals surface area contributed by atoms with Crippen molar-refractivity contribution in [2.24, 2.45) is 0 Å². The minimum atomic E-state index is -0.811. The van der Waals surface area contributed by atoms with Gasteiger partial charge in [0.1, 0.15) is 11.3 Å². The molecule has 1 aromatic rings. The third-order valence-corrected chi connectivity index (χ3v) is 3.32. The van der Waals surface area contributed by atoms with Crippen LogP contribution in [0.25, 0.3) is 0 Å². The van der Waals surface area contributed by atoms with Crippen LogP contribution in [0.4, 0.5) is 5.69 Å². The van der Waals surface area contributed by atoms with Crippen LogP contribution in [0.3, 0.4) is 0 Å². The number of benzene rings is 1. The molecule has 0 saturated carbocycles. The lowest BCUT2D eigenvalue weighted by Crippen LogP contribution is -2.41. The number of rotatable bonds is 4. The number of anilines is 1. The SMILES string of the molecule is COC(=O)C(C)(C)Nc1c(C)cc(C)c(C)c1OC. The van der Waals surface area contributed by atoms with Gasteiger partial charge in [0.15, 0.2) is 0 Å². The van der Waals surface area contributed by atoms with E-state index in [0.29, 0.717) is 0 Å². The summed E-state index contributed by atoms with van der Waals surface area (Å²) >= 11 is 0. The summed E-state index contributed by atoms with van der Waals surface area (Å²) < 4.78 is 10.3. The molecule has 4 nitrogen and oxygen atoms in total. The zero-order chi connectivity index (χ0) is 14.8. The maximum absolute atomic E-state index is 11.8. The van der Waals surface area contributed by atoms with E-state index in [0.717, 1.165) is 28.1 Å². The van der Waals surface area contributed by atoms with Crippen molar-refractivity contribution in [2.45, 2.75) is 40.2 Å². The molecule has 19 heavy (non-hydrogen) atoms. The third-order valence-electron chi connectivity index (χ3n) is 3.32. The van der Waals surface area contributed by atoms with Crippen LogP contribution in [-0.4, -0.2) is 25.7 Å². The Labute approximate surface area is 115 Å². The minimum absolute atomic E-state index is 0.313. The number of ether oxygens (including phenoxy) is 2. The van der Waals surface area contributed by atoms with Crippen LogP contribution in [0, 0.1) is 20.8 Å². The highest BCUT2D eigenvalue weighted by Gasteiger charge is 2.30. The van der Waals surface area contributed by atoms with E-state index in [9.17, 15) is 4.79 Å². The van der Waals surface area contributed by atoms with Gasteiger partial charge in [-0.3, -0.25) is 0 Å². The monoisotopic (exact) mass is 265 g/mol. The van der Waals surface area contributed by atoms with E-state index in [1.807, 2.05) is 20.8 Å². The van der Waals surface area contributed by atoms with Crippen molar-refractivity contribution >= 4 is 11.7 Å². The largest absolute Gasteiger partial charge is 0.494 e. The van der Waals surface area contributed by atoms with Gasteiger partial charge in [0.05, 0.1) is 19.9 Å². The topological polar surface area (TPSA) is 47.6 Å². The summed E-state index contributed by atoms with van der Waals surface area (Å²) in [6.07, 6.45) is 0. The molecule has 0 spiro atoms. The molecule has 0 heterocycles. The lowest BCUT2D eigenvalue weighted by atomic mass is 9.99. The molecule has 0 bridgehead atoms. The first kappa shape index (κ1) is 15.3. The summed E-state index contributed by atoms with van der Waals surface area (Å²) in [6.45, 7) is 9.61. The molecule has 0 aliphatic heterocycles. The Morgan fingerprint density at radius 2 is 1.74 bits per heavy atom. The highest BCUT2D eigenvalue weighted by atomic mass is 16.5. The smallest absolute Gasteiger partial charge is 0.330 e. The average molecular weight is 265 g/mol. The second kappa shape index (κ2) is 5.51. The van der Waals surface area contributed by atoms with Gasteiger partial charge in [-0.05, 0) is 51.3 Å². The predicted octanol–water partition coefficient (Wildman–Crippen LogP) is 2.98. The summed E-state index contributed by atoms with van der Waals surface area (Å²) in [5, 5.41) is 3.23. The van der Waals surface area contributed by atoms with E-state index >= 15 is 0 Å². The van der Waals surface area contributed by atoms with Crippen molar-refractivity contribution in [1.29, 1.82) is 0 Å². The maximum atomic E-state index is 11.8. The van der Waals surface area contributed by atoms with Crippen molar-refractivity contribution in [1.82, 2.24) is 0 Å². The van der Waals surface area contributed by atoms with Crippen LogP contribution in [0.2, 0.25) is 0 Å². The minimum Gasteiger partial charge on any atom is -0.494 e. The molecule has 0 aliphatic carbocycles. The standard InChI is InChI=1S/C15H23NO3/c1-9-8-10(2)12(13(18-6)11(9)3)16-15(4,5)14(17)19-7/h8,16H,1-7H3. The fraction of sp³-hybridized carbons (Fsp3) is 0.533. The van der Waals surface area contributed by atoms with Crippen LogP contribution < -0.4 is 10.1 Å². The van der Waals surface area contributed by atoms with Gasteiger partial charge < -0.3 is 14.8 Å². The number of methoxy groups -OCH3 is 2. The van der Waals surface area contributed by atoms with E-state index in [-0.39, 0.29) is 5.97 Å². The van der Waals surface area contributed by atoms with Gasteiger partial charge in [0, 0.05) is 0 Å². The van der Waals surface area contributed by atoms with Crippen LogP contribution >= 0.6 is 0 Å². The fourth-order valence-corrected chi connectivity index (χ4v) is 2.08. The van der Waals surface area contributed by atoms with Crippen molar-refractivity contribution in [3.8, 4) is 5.75 Å². The van der Waals surface area contributed by atoms with Gasteiger partial charge in [-0.1, -0.05) is 6.07 Å². The number of hydrogen-bond donors (Lipinski definition) is 1. The van der Waals surface area contributed by atoms with E-state index in [4.69, 9.17) is 9.47 Å². The van der Waals surface area contributed by atoms with Gasteiger partial charge in [0.25, 0.3) is 0 Å². The zero-order valence-corrected chi connectivity index (χ0v) is 12.8. The fourth-order valence-electron chi connectivity index (χ4n) is 2.08. The maximum Gasteiger partial charge on any atom is 0.330 e. The molecule has 0 aliphatic rings. The Balaban J connectivity index is 3.28. The number of esters is 1. The van der Waals surface area contributed by atoms with Crippen LogP contribution in [0.15, 0.2) is 6.07 Å². The lowest BCUT2D eigenvalue weighted by Gasteiger charge is -2.27. The van der Waals surface area contributed by atoms with Crippen molar-refractivity contribution in [2.75, 3.05) is 19.5 Å². The highest BCUT2D eigenvalue weighted by molar-refractivity contribution is 5.85. The van der Waals surface area contributed by atoms with Gasteiger partial charge in [-0.15, -0.1) is 0 Å². The van der Waals surface area contributed by atoms with E-state index in [1.54, 1.807) is 21.0 Å².